The van der Waals surface area contributed by atoms with E-state index in [0.29, 0.717) is 16.6 Å². The third-order valence-corrected chi connectivity index (χ3v) is 3.76. The third-order valence-electron chi connectivity index (χ3n) is 3.44. The number of halogens is 2. The Kier molecular flexibility index (Phi) is 4.31. The van der Waals surface area contributed by atoms with E-state index in [2.05, 4.69) is 9.97 Å². The standard InChI is InChI=1S/C17H12ClFN2O3/c1-9(17(22)23)24-15-5-4-13-11(6-7-20-16(13)21-15)12-3-2-10(19)8-14(12)18/h2-9H,1H3,(H,22,23). The van der Waals surface area contributed by atoms with Crippen LogP contribution in [0.2, 0.25) is 5.02 Å². The minimum absolute atomic E-state index is 0.159. The van der Waals surface area contributed by atoms with Gasteiger partial charge in [0.25, 0.3) is 0 Å². The Balaban J connectivity index is 2.06. The zero-order chi connectivity index (χ0) is 17.3. The van der Waals surface area contributed by atoms with Crippen LogP contribution in [0, 0.1) is 5.82 Å². The Morgan fingerprint density at radius 2 is 2.04 bits per heavy atom. The molecule has 0 bridgehead atoms. The van der Waals surface area contributed by atoms with Crippen molar-refractivity contribution in [1.82, 2.24) is 9.97 Å². The van der Waals surface area contributed by atoms with Crippen LogP contribution >= 0.6 is 11.6 Å². The maximum absolute atomic E-state index is 13.2. The van der Waals surface area contributed by atoms with E-state index < -0.39 is 17.9 Å². The molecule has 0 amide bonds. The summed E-state index contributed by atoms with van der Waals surface area (Å²) in [5, 5.41) is 9.86. The van der Waals surface area contributed by atoms with E-state index in [9.17, 15) is 9.18 Å². The first-order chi connectivity index (χ1) is 11.5. The molecule has 3 rings (SSSR count). The monoisotopic (exact) mass is 346 g/mol. The van der Waals surface area contributed by atoms with Crippen molar-refractivity contribution >= 4 is 28.6 Å². The summed E-state index contributed by atoms with van der Waals surface area (Å²) in [7, 11) is 0. The molecule has 7 heteroatoms. The zero-order valence-corrected chi connectivity index (χ0v) is 13.3. The summed E-state index contributed by atoms with van der Waals surface area (Å²) in [4.78, 5) is 19.2. The summed E-state index contributed by atoms with van der Waals surface area (Å²) in [5.41, 5.74) is 1.78. The van der Waals surface area contributed by atoms with Crippen LogP contribution < -0.4 is 4.74 Å². The van der Waals surface area contributed by atoms with E-state index >= 15 is 0 Å². The molecule has 2 heterocycles. The average Bonchev–Trinajstić information content (AvgIpc) is 2.54. The quantitative estimate of drug-likeness (QED) is 0.774. The Hall–Kier alpha value is -2.73. The highest BCUT2D eigenvalue weighted by Crippen LogP contribution is 2.33. The number of aromatic nitrogens is 2. The second-order valence-corrected chi connectivity index (χ2v) is 5.51. The Bertz CT molecular complexity index is 933. The fourth-order valence-corrected chi connectivity index (χ4v) is 2.52. The van der Waals surface area contributed by atoms with Gasteiger partial charge in [0.05, 0.1) is 5.02 Å². The van der Waals surface area contributed by atoms with Crippen molar-refractivity contribution in [1.29, 1.82) is 0 Å². The van der Waals surface area contributed by atoms with E-state index in [1.54, 1.807) is 30.5 Å². The minimum Gasteiger partial charge on any atom is -0.479 e. The molecule has 3 aromatic rings. The van der Waals surface area contributed by atoms with E-state index in [1.165, 1.54) is 19.1 Å². The van der Waals surface area contributed by atoms with Crippen LogP contribution in [0.15, 0.2) is 42.6 Å². The Morgan fingerprint density at radius 1 is 1.25 bits per heavy atom. The van der Waals surface area contributed by atoms with E-state index in [0.717, 1.165) is 5.56 Å². The third kappa shape index (κ3) is 3.14. The number of ether oxygens (including phenoxy) is 1. The second-order valence-electron chi connectivity index (χ2n) is 5.10. The molecule has 1 atom stereocenters. The van der Waals surface area contributed by atoms with Gasteiger partial charge in [0, 0.05) is 23.2 Å². The highest BCUT2D eigenvalue weighted by atomic mass is 35.5. The number of hydrogen-bond acceptors (Lipinski definition) is 4. The molecule has 0 radical (unpaired) electrons. The van der Waals surface area contributed by atoms with Crippen molar-refractivity contribution < 1.29 is 19.0 Å². The lowest BCUT2D eigenvalue weighted by molar-refractivity contribution is -0.144. The van der Waals surface area contributed by atoms with Gasteiger partial charge in [0.2, 0.25) is 5.88 Å². The maximum atomic E-state index is 13.2. The molecule has 0 aliphatic rings. The lowest BCUT2D eigenvalue weighted by atomic mass is 10.0. The Labute approximate surface area is 141 Å². The molecule has 1 N–H and O–H groups in total. The summed E-state index contributed by atoms with van der Waals surface area (Å²) in [6.45, 7) is 1.41. The highest BCUT2D eigenvalue weighted by molar-refractivity contribution is 6.33. The first-order valence-corrected chi connectivity index (χ1v) is 7.44. The first-order valence-electron chi connectivity index (χ1n) is 7.06. The zero-order valence-electron chi connectivity index (χ0n) is 12.5. The SMILES string of the molecule is CC(Oc1ccc2c(-c3ccc(F)cc3Cl)ccnc2n1)C(=O)O. The van der Waals surface area contributed by atoms with Crippen LogP contribution in [0.5, 0.6) is 5.88 Å². The summed E-state index contributed by atoms with van der Waals surface area (Å²) in [6.07, 6.45) is 0.527. The summed E-state index contributed by atoms with van der Waals surface area (Å²) < 4.78 is 18.5. The molecule has 0 aliphatic carbocycles. The average molecular weight is 347 g/mol. The smallest absolute Gasteiger partial charge is 0.344 e. The first kappa shape index (κ1) is 16.1. The van der Waals surface area contributed by atoms with Gasteiger partial charge in [-0.05, 0) is 42.8 Å². The molecule has 1 unspecified atom stereocenters. The molecule has 0 saturated heterocycles. The van der Waals surface area contributed by atoms with Crippen molar-refractivity contribution in [3.05, 3.63) is 53.4 Å². The molecule has 0 fully saturated rings. The number of hydrogen-bond donors (Lipinski definition) is 1. The molecule has 24 heavy (non-hydrogen) atoms. The van der Waals surface area contributed by atoms with Gasteiger partial charge >= 0.3 is 5.97 Å². The highest BCUT2D eigenvalue weighted by Gasteiger charge is 2.15. The van der Waals surface area contributed by atoms with Crippen molar-refractivity contribution in [2.45, 2.75) is 13.0 Å². The van der Waals surface area contributed by atoms with Gasteiger partial charge in [0.15, 0.2) is 11.8 Å². The molecule has 0 aliphatic heterocycles. The van der Waals surface area contributed by atoms with E-state index in [-0.39, 0.29) is 10.9 Å². The van der Waals surface area contributed by atoms with Gasteiger partial charge in [-0.3, -0.25) is 0 Å². The number of pyridine rings is 2. The van der Waals surface area contributed by atoms with Crippen molar-refractivity contribution in [2.75, 3.05) is 0 Å². The maximum Gasteiger partial charge on any atom is 0.344 e. The number of nitrogens with zero attached hydrogens (tertiary/aromatic N) is 2. The van der Waals surface area contributed by atoms with Gasteiger partial charge in [-0.2, -0.15) is 4.98 Å². The van der Waals surface area contributed by atoms with Gasteiger partial charge < -0.3 is 9.84 Å². The second kappa shape index (κ2) is 6.41. The molecule has 122 valence electrons. The summed E-state index contributed by atoms with van der Waals surface area (Å²) in [6, 6.07) is 9.18. The van der Waals surface area contributed by atoms with Gasteiger partial charge in [-0.1, -0.05) is 11.6 Å². The fraction of sp³-hybridized carbons (Fsp3) is 0.118. The number of fused-ring (bicyclic) bond motifs is 1. The Morgan fingerprint density at radius 3 is 2.75 bits per heavy atom. The molecule has 2 aromatic heterocycles. The van der Waals surface area contributed by atoms with Gasteiger partial charge in [-0.15, -0.1) is 0 Å². The van der Waals surface area contributed by atoms with Crippen LogP contribution in [-0.2, 0) is 4.79 Å². The van der Waals surface area contributed by atoms with Crippen molar-refractivity contribution in [2.24, 2.45) is 0 Å². The molecule has 0 saturated carbocycles. The number of carboxylic acid groups (broad SMARTS) is 1. The normalized spacial score (nSPS) is 12.1. The molecular weight excluding hydrogens is 335 g/mol. The fourth-order valence-electron chi connectivity index (χ4n) is 2.25. The van der Waals surface area contributed by atoms with Crippen LogP contribution in [0.1, 0.15) is 6.92 Å². The molecule has 0 spiro atoms. The number of aliphatic carboxylic acids is 1. The molecule has 5 nitrogen and oxygen atoms in total. The van der Waals surface area contributed by atoms with Gasteiger partial charge in [-0.25, -0.2) is 14.2 Å². The summed E-state index contributed by atoms with van der Waals surface area (Å²) >= 11 is 6.13. The molecular formula is C17H12ClFN2O3. The number of carboxylic acids is 1. The predicted octanol–water partition coefficient (Wildman–Crippen LogP) is 3.94. The van der Waals surface area contributed by atoms with Crippen molar-refractivity contribution in [3.63, 3.8) is 0 Å². The van der Waals surface area contributed by atoms with E-state index in [4.69, 9.17) is 21.4 Å². The summed E-state index contributed by atoms with van der Waals surface area (Å²) in [5.74, 6) is -1.34. The predicted molar refractivity (Wildman–Crippen MR) is 87.7 cm³/mol. The van der Waals surface area contributed by atoms with Crippen LogP contribution in [-0.4, -0.2) is 27.1 Å². The minimum atomic E-state index is -1.09. The lowest BCUT2D eigenvalue weighted by Gasteiger charge is -2.11. The van der Waals surface area contributed by atoms with E-state index in [1.807, 2.05) is 0 Å². The number of benzene rings is 1. The molecule has 1 aromatic carbocycles. The van der Waals surface area contributed by atoms with Crippen LogP contribution in [0.3, 0.4) is 0 Å². The van der Waals surface area contributed by atoms with Gasteiger partial charge in [0.1, 0.15) is 5.82 Å². The largest absolute Gasteiger partial charge is 0.479 e. The lowest BCUT2D eigenvalue weighted by Crippen LogP contribution is -2.23. The number of carbonyl (C=O) groups is 1. The van der Waals surface area contributed by atoms with Crippen LogP contribution in [0.25, 0.3) is 22.2 Å². The van der Waals surface area contributed by atoms with Crippen molar-refractivity contribution in [3.8, 4) is 17.0 Å². The topological polar surface area (TPSA) is 72.3 Å². The van der Waals surface area contributed by atoms with Crippen LogP contribution in [0.4, 0.5) is 4.39 Å². The number of rotatable bonds is 4.